The standard InChI is InChI=1S/C28H34N2O2/c31-27-25-19-24(23-9-5-2-6-10-23)11-12-26(25)30(28(27)32)18-15-21-13-16-29(17-14-21)20-22-7-3-1-4-8-22/h1,3-4,7-8,11-12,19,21,23H,2,5-6,9-10,13-18,20H2. The maximum Gasteiger partial charge on any atom is 0.299 e. The van der Waals surface area contributed by atoms with Crippen LogP contribution < -0.4 is 4.90 Å². The predicted molar refractivity (Wildman–Crippen MR) is 128 cm³/mol. The van der Waals surface area contributed by atoms with Crippen molar-refractivity contribution in [3.05, 3.63) is 65.2 Å². The first-order chi connectivity index (χ1) is 15.7. The van der Waals surface area contributed by atoms with E-state index in [0.29, 0.717) is 23.9 Å². The summed E-state index contributed by atoms with van der Waals surface area (Å²) in [5.74, 6) is 0.528. The molecule has 3 aliphatic rings. The van der Waals surface area contributed by atoms with Gasteiger partial charge in [-0.15, -0.1) is 0 Å². The van der Waals surface area contributed by atoms with E-state index in [1.807, 2.05) is 12.1 Å². The number of carbonyl (C=O) groups excluding carboxylic acids is 2. The SMILES string of the molecule is O=C1C(=O)N(CCC2CCN(Cc3ccccc3)CC2)c2ccc(C3CCCCC3)cc21. The van der Waals surface area contributed by atoms with Crippen molar-refractivity contribution < 1.29 is 9.59 Å². The van der Waals surface area contributed by atoms with Crippen LogP contribution in [0.4, 0.5) is 5.69 Å². The number of piperidine rings is 1. The smallest absolute Gasteiger partial charge is 0.299 e. The normalized spacial score (nSPS) is 20.7. The maximum atomic E-state index is 12.7. The average Bonchev–Trinajstić information content (AvgIpc) is 3.09. The van der Waals surface area contributed by atoms with E-state index in [2.05, 4.69) is 41.3 Å². The first-order valence-electron chi connectivity index (χ1n) is 12.5. The van der Waals surface area contributed by atoms with Gasteiger partial charge < -0.3 is 4.90 Å². The third-order valence-corrected chi connectivity index (χ3v) is 7.79. The number of rotatable bonds is 6. The van der Waals surface area contributed by atoms with Crippen LogP contribution in [0.5, 0.6) is 0 Å². The molecule has 0 spiro atoms. The van der Waals surface area contributed by atoms with E-state index in [0.717, 1.165) is 44.6 Å². The highest BCUT2D eigenvalue weighted by molar-refractivity contribution is 6.52. The summed E-state index contributed by atoms with van der Waals surface area (Å²) in [5, 5.41) is 0. The van der Waals surface area contributed by atoms with E-state index in [1.165, 1.54) is 43.2 Å². The molecule has 0 unspecified atom stereocenters. The van der Waals surface area contributed by atoms with Gasteiger partial charge in [-0.2, -0.15) is 0 Å². The van der Waals surface area contributed by atoms with Crippen molar-refractivity contribution in [2.75, 3.05) is 24.5 Å². The molecule has 1 amide bonds. The zero-order valence-corrected chi connectivity index (χ0v) is 19.0. The van der Waals surface area contributed by atoms with Gasteiger partial charge in [0.05, 0.1) is 11.3 Å². The summed E-state index contributed by atoms with van der Waals surface area (Å²) in [6.45, 7) is 3.88. The minimum absolute atomic E-state index is 0.310. The molecule has 168 valence electrons. The second-order valence-corrected chi connectivity index (χ2v) is 9.89. The highest BCUT2D eigenvalue weighted by Gasteiger charge is 2.36. The number of benzene rings is 2. The largest absolute Gasteiger partial charge is 0.305 e. The van der Waals surface area contributed by atoms with E-state index < -0.39 is 0 Å². The first-order valence-corrected chi connectivity index (χ1v) is 12.5. The van der Waals surface area contributed by atoms with Crippen LogP contribution in [0, 0.1) is 5.92 Å². The fourth-order valence-corrected chi connectivity index (χ4v) is 5.82. The number of fused-ring (bicyclic) bond motifs is 1. The minimum Gasteiger partial charge on any atom is -0.305 e. The van der Waals surface area contributed by atoms with Crippen molar-refractivity contribution in [1.82, 2.24) is 4.90 Å². The molecule has 1 saturated carbocycles. The Bertz CT molecular complexity index is 957. The Morgan fingerprint density at radius 3 is 2.34 bits per heavy atom. The number of likely N-dealkylation sites (tertiary alicyclic amines) is 1. The summed E-state index contributed by atoms with van der Waals surface area (Å²) in [6, 6.07) is 16.9. The molecule has 0 bridgehead atoms. The molecule has 0 radical (unpaired) electrons. The van der Waals surface area contributed by atoms with Crippen LogP contribution in [0.3, 0.4) is 0 Å². The van der Waals surface area contributed by atoms with Gasteiger partial charge in [0, 0.05) is 13.1 Å². The molecule has 4 heteroatoms. The van der Waals surface area contributed by atoms with Crippen LogP contribution in [-0.4, -0.2) is 36.2 Å². The fourth-order valence-electron chi connectivity index (χ4n) is 5.82. The number of hydrogen-bond acceptors (Lipinski definition) is 3. The van der Waals surface area contributed by atoms with Crippen molar-refractivity contribution in [2.24, 2.45) is 5.92 Å². The third-order valence-electron chi connectivity index (χ3n) is 7.79. The van der Waals surface area contributed by atoms with Crippen LogP contribution in [0.15, 0.2) is 48.5 Å². The quantitative estimate of drug-likeness (QED) is 0.563. The summed E-state index contributed by atoms with van der Waals surface area (Å²) in [4.78, 5) is 29.7. The molecule has 32 heavy (non-hydrogen) atoms. The zero-order chi connectivity index (χ0) is 21.9. The highest BCUT2D eigenvalue weighted by atomic mass is 16.2. The van der Waals surface area contributed by atoms with Gasteiger partial charge in [0.15, 0.2) is 0 Å². The van der Waals surface area contributed by atoms with Gasteiger partial charge in [-0.1, -0.05) is 55.7 Å². The molecule has 2 fully saturated rings. The molecule has 4 nitrogen and oxygen atoms in total. The zero-order valence-electron chi connectivity index (χ0n) is 19.0. The van der Waals surface area contributed by atoms with Gasteiger partial charge in [-0.3, -0.25) is 14.5 Å². The minimum atomic E-state index is -0.331. The molecular weight excluding hydrogens is 396 g/mol. The van der Waals surface area contributed by atoms with Crippen molar-refractivity contribution in [2.45, 2.75) is 63.8 Å². The molecule has 2 aliphatic heterocycles. The summed E-state index contributed by atoms with van der Waals surface area (Å²) in [7, 11) is 0. The Kier molecular flexibility index (Phi) is 6.40. The van der Waals surface area contributed by atoms with Crippen LogP contribution in [-0.2, 0) is 11.3 Å². The Balaban J connectivity index is 1.17. The lowest BCUT2D eigenvalue weighted by atomic mass is 9.83. The second kappa shape index (κ2) is 9.58. The Morgan fingerprint density at radius 1 is 0.844 bits per heavy atom. The summed E-state index contributed by atoms with van der Waals surface area (Å²) >= 11 is 0. The molecule has 2 aromatic carbocycles. The van der Waals surface area contributed by atoms with Crippen LogP contribution >= 0.6 is 0 Å². The topological polar surface area (TPSA) is 40.6 Å². The molecule has 1 aliphatic carbocycles. The molecule has 0 atom stereocenters. The number of amides is 1. The molecule has 1 saturated heterocycles. The lowest BCUT2D eigenvalue weighted by Crippen LogP contribution is -2.36. The number of hydrogen-bond donors (Lipinski definition) is 0. The molecule has 0 N–H and O–H groups in total. The Labute approximate surface area is 191 Å². The van der Waals surface area contributed by atoms with Crippen LogP contribution in [0.25, 0.3) is 0 Å². The second-order valence-electron chi connectivity index (χ2n) is 9.89. The summed E-state index contributed by atoms with van der Waals surface area (Å²) in [5.41, 5.74) is 4.09. The van der Waals surface area contributed by atoms with E-state index in [4.69, 9.17) is 0 Å². The molecule has 2 aromatic rings. The maximum absolute atomic E-state index is 12.7. The predicted octanol–water partition coefficient (Wildman–Crippen LogP) is 5.57. The van der Waals surface area contributed by atoms with E-state index in [9.17, 15) is 9.59 Å². The number of Topliss-reactive ketones (excluding diaryl/α,β-unsaturated/α-hetero) is 1. The van der Waals surface area contributed by atoms with Crippen molar-refractivity contribution in [1.29, 1.82) is 0 Å². The van der Waals surface area contributed by atoms with E-state index in [1.54, 1.807) is 4.90 Å². The van der Waals surface area contributed by atoms with Crippen molar-refractivity contribution in [3.63, 3.8) is 0 Å². The highest BCUT2D eigenvalue weighted by Crippen LogP contribution is 2.37. The van der Waals surface area contributed by atoms with E-state index >= 15 is 0 Å². The molecule has 0 aromatic heterocycles. The monoisotopic (exact) mass is 430 g/mol. The fraction of sp³-hybridized carbons (Fsp3) is 0.500. The van der Waals surface area contributed by atoms with Gasteiger partial charge in [0.2, 0.25) is 0 Å². The summed E-state index contributed by atoms with van der Waals surface area (Å²) < 4.78 is 0. The average molecular weight is 431 g/mol. The number of nitrogens with zero attached hydrogens (tertiary/aromatic N) is 2. The molecular formula is C28H34N2O2. The Hall–Kier alpha value is -2.46. The van der Waals surface area contributed by atoms with Gasteiger partial charge >= 0.3 is 0 Å². The van der Waals surface area contributed by atoms with Crippen LogP contribution in [0.1, 0.15) is 78.8 Å². The molecule has 5 rings (SSSR count). The number of ketones is 1. The molecule has 2 heterocycles. The first kappa shape index (κ1) is 21.4. The summed E-state index contributed by atoms with van der Waals surface area (Å²) in [6.07, 6.45) is 9.56. The third kappa shape index (κ3) is 4.52. The van der Waals surface area contributed by atoms with Gasteiger partial charge in [0.25, 0.3) is 11.7 Å². The number of carbonyl (C=O) groups is 2. The van der Waals surface area contributed by atoms with Gasteiger partial charge in [-0.25, -0.2) is 0 Å². The van der Waals surface area contributed by atoms with Crippen molar-refractivity contribution >= 4 is 17.4 Å². The number of anilines is 1. The lowest BCUT2D eigenvalue weighted by molar-refractivity contribution is -0.114. The van der Waals surface area contributed by atoms with Gasteiger partial charge in [-0.05, 0) is 80.3 Å². The van der Waals surface area contributed by atoms with Crippen molar-refractivity contribution in [3.8, 4) is 0 Å². The van der Waals surface area contributed by atoms with E-state index in [-0.39, 0.29) is 11.7 Å². The van der Waals surface area contributed by atoms with Crippen LogP contribution in [0.2, 0.25) is 0 Å². The lowest BCUT2D eigenvalue weighted by Gasteiger charge is -2.32. The Morgan fingerprint density at radius 2 is 1.59 bits per heavy atom. The van der Waals surface area contributed by atoms with Gasteiger partial charge in [0.1, 0.15) is 0 Å².